The second-order valence-corrected chi connectivity index (χ2v) is 3.87. The van der Waals surface area contributed by atoms with E-state index in [1.807, 2.05) is 19.1 Å². The summed E-state index contributed by atoms with van der Waals surface area (Å²) in [5.41, 5.74) is 2.01. The minimum atomic E-state index is 0.163. The van der Waals surface area contributed by atoms with Crippen molar-refractivity contribution in [2.24, 2.45) is 5.92 Å². The molecule has 2 heterocycles. The Morgan fingerprint density at radius 3 is 3.07 bits per heavy atom. The molecule has 2 rings (SSSR count). The van der Waals surface area contributed by atoms with Crippen molar-refractivity contribution in [3.05, 3.63) is 36.7 Å². The van der Waals surface area contributed by atoms with Gasteiger partial charge in [-0.15, -0.1) is 6.58 Å². The second kappa shape index (κ2) is 3.85. The van der Waals surface area contributed by atoms with E-state index in [2.05, 4.69) is 11.6 Å². The number of carbonyl (C=O) groups excluding carboxylic acids is 1. The molecule has 0 radical (unpaired) electrons. The van der Waals surface area contributed by atoms with Gasteiger partial charge in [-0.3, -0.25) is 9.78 Å². The van der Waals surface area contributed by atoms with E-state index in [1.165, 1.54) is 0 Å². The van der Waals surface area contributed by atoms with Crippen molar-refractivity contribution in [3.8, 4) is 0 Å². The standard InChI is InChI=1S/C12H14N2O/c1-3-10-6-12(15)14(8-10)11-7-13-5-4-9(11)2/h3-5,7,10H,1,6,8H2,2H3. The number of pyridine rings is 1. The number of rotatable bonds is 2. The van der Waals surface area contributed by atoms with Crippen molar-refractivity contribution < 1.29 is 4.79 Å². The molecular weight excluding hydrogens is 188 g/mol. The van der Waals surface area contributed by atoms with Crippen LogP contribution >= 0.6 is 0 Å². The predicted octanol–water partition coefficient (Wildman–Crippen LogP) is 1.93. The normalized spacial score (nSPS) is 20.7. The quantitative estimate of drug-likeness (QED) is 0.686. The van der Waals surface area contributed by atoms with E-state index in [0.717, 1.165) is 17.8 Å². The first-order valence-electron chi connectivity index (χ1n) is 5.06. The summed E-state index contributed by atoms with van der Waals surface area (Å²) >= 11 is 0. The van der Waals surface area contributed by atoms with E-state index in [4.69, 9.17) is 0 Å². The maximum Gasteiger partial charge on any atom is 0.227 e. The monoisotopic (exact) mass is 202 g/mol. The minimum Gasteiger partial charge on any atom is -0.310 e. The smallest absolute Gasteiger partial charge is 0.227 e. The second-order valence-electron chi connectivity index (χ2n) is 3.87. The lowest BCUT2D eigenvalue weighted by atomic mass is 10.1. The van der Waals surface area contributed by atoms with E-state index in [9.17, 15) is 4.79 Å². The molecule has 3 nitrogen and oxygen atoms in total. The summed E-state index contributed by atoms with van der Waals surface area (Å²) in [6.07, 6.45) is 5.91. The molecule has 78 valence electrons. The molecule has 15 heavy (non-hydrogen) atoms. The Morgan fingerprint density at radius 1 is 1.67 bits per heavy atom. The molecule has 1 unspecified atom stereocenters. The summed E-state index contributed by atoms with van der Waals surface area (Å²) in [4.78, 5) is 17.6. The lowest BCUT2D eigenvalue weighted by Crippen LogP contribution is -2.25. The lowest BCUT2D eigenvalue weighted by Gasteiger charge is -2.17. The lowest BCUT2D eigenvalue weighted by molar-refractivity contribution is -0.117. The van der Waals surface area contributed by atoms with Gasteiger partial charge >= 0.3 is 0 Å². The van der Waals surface area contributed by atoms with Gasteiger partial charge in [-0.2, -0.15) is 0 Å². The van der Waals surface area contributed by atoms with E-state index < -0.39 is 0 Å². The van der Waals surface area contributed by atoms with Gasteiger partial charge in [0.25, 0.3) is 0 Å². The SMILES string of the molecule is C=CC1CC(=O)N(c2cnccc2C)C1. The topological polar surface area (TPSA) is 33.2 Å². The fourth-order valence-corrected chi connectivity index (χ4v) is 1.86. The molecule has 1 fully saturated rings. The summed E-state index contributed by atoms with van der Waals surface area (Å²) in [6, 6.07) is 1.92. The zero-order valence-electron chi connectivity index (χ0n) is 8.81. The van der Waals surface area contributed by atoms with Crippen LogP contribution < -0.4 is 4.90 Å². The van der Waals surface area contributed by atoms with E-state index >= 15 is 0 Å². The van der Waals surface area contributed by atoms with Crippen LogP contribution in [0.4, 0.5) is 5.69 Å². The Hall–Kier alpha value is -1.64. The van der Waals surface area contributed by atoms with Gasteiger partial charge in [0.2, 0.25) is 5.91 Å². The van der Waals surface area contributed by atoms with Crippen LogP contribution in [0.15, 0.2) is 31.1 Å². The predicted molar refractivity (Wildman–Crippen MR) is 59.6 cm³/mol. The van der Waals surface area contributed by atoms with Crippen LogP contribution in [0.25, 0.3) is 0 Å². The first kappa shape index (κ1) is 9.90. The summed E-state index contributed by atoms with van der Waals surface area (Å²) in [6.45, 7) is 6.46. The molecule has 3 heteroatoms. The molecule has 0 saturated carbocycles. The third kappa shape index (κ3) is 1.77. The van der Waals surface area contributed by atoms with Gasteiger partial charge < -0.3 is 4.90 Å². The maximum absolute atomic E-state index is 11.7. The van der Waals surface area contributed by atoms with Gasteiger partial charge in [0.15, 0.2) is 0 Å². The molecule has 1 aromatic rings. The molecule has 1 saturated heterocycles. The highest BCUT2D eigenvalue weighted by Gasteiger charge is 2.29. The highest BCUT2D eigenvalue weighted by atomic mass is 16.2. The molecule has 1 atom stereocenters. The molecule has 0 N–H and O–H groups in total. The number of carbonyl (C=O) groups is 1. The highest BCUT2D eigenvalue weighted by Crippen LogP contribution is 2.27. The summed E-state index contributed by atoms with van der Waals surface area (Å²) in [7, 11) is 0. The zero-order chi connectivity index (χ0) is 10.8. The number of nitrogens with zero attached hydrogens (tertiary/aromatic N) is 2. The molecule has 0 aromatic carbocycles. The van der Waals surface area contributed by atoms with Crippen LogP contribution in [-0.4, -0.2) is 17.4 Å². The fraction of sp³-hybridized carbons (Fsp3) is 0.333. The molecule has 0 bridgehead atoms. The van der Waals surface area contributed by atoms with Gasteiger partial charge in [-0.1, -0.05) is 6.08 Å². The Morgan fingerprint density at radius 2 is 2.47 bits per heavy atom. The molecule has 1 amide bonds. The maximum atomic E-state index is 11.7. The third-order valence-corrected chi connectivity index (χ3v) is 2.79. The number of aromatic nitrogens is 1. The van der Waals surface area contributed by atoms with E-state index in [-0.39, 0.29) is 11.8 Å². The highest BCUT2D eigenvalue weighted by molar-refractivity contribution is 5.96. The summed E-state index contributed by atoms with van der Waals surface area (Å²) in [5, 5.41) is 0. The minimum absolute atomic E-state index is 0.163. The van der Waals surface area contributed by atoms with E-state index in [1.54, 1.807) is 17.3 Å². The number of aryl methyl sites for hydroxylation is 1. The van der Waals surface area contributed by atoms with Crippen molar-refractivity contribution in [2.75, 3.05) is 11.4 Å². The van der Waals surface area contributed by atoms with Gasteiger partial charge in [0, 0.05) is 25.1 Å². The van der Waals surface area contributed by atoms with Crippen LogP contribution in [0.1, 0.15) is 12.0 Å². The fourth-order valence-electron chi connectivity index (χ4n) is 1.86. The van der Waals surface area contributed by atoms with Crippen molar-refractivity contribution in [3.63, 3.8) is 0 Å². The van der Waals surface area contributed by atoms with Gasteiger partial charge in [0.1, 0.15) is 0 Å². The van der Waals surface area contributed by atoms with Crippen molar-refractivity contribution in [2.45, 2.75) is 13.3 Å². The summed E-state index contributed by atoms with van der Waals surface area (Å²) < 4.78 is 0. The molecule has 1 aliphatic rings. The van der Waals surface area contributed by atoms with Gasteiger partial charge in [-0.05, 0) is 18.6 Å². The Bertz CT molecular complexity index is 400. The first-order valence-corrected chi connectivity index (χ1v) is 5.06. The molecule has 1 aliphatic heterocycles. The Labute approximate surface area is 89.4 Å². The zero-order valence-corrected chi connectivity index (χ0v) is 8.81. The third-order valence-electron chi connectivity index (χ3n) is 2.79. The number of anilines is 1. The largest absolute Gasteiger partial charge is 0.310 e. The van der Waals surface area contributed by atoms with Crippen LogP contribution in [0.3, 0.4) is 0 Å². The average molecular weight is 202 g/mol. The number of hydrogen-bond acceptors (Lipinski definition) is 2. The van der Waals surface area contributed by atoms with Crippen LogP contribution in [0.2, 0.25) is 0 Å². The van der Waals surface area contributed by atoms with Crippen molar-refractivity contribution in [1.29, 1.82) is 0 Å². The van der Waals surface area contributed by atoms with Crippen LogP contribution in [0.5, 0.6) is 0 Å². The molecule has 0 spiro atoms. The number of hydrogen-bond donors (Lipinski definition) is 0. The van der Waals surface area contributed by atoms with Gasteiger partial charge in [0.05, 0.1) is 11.9 Å². The van der Waals surface area contributed by atoms with Crippen molar-refractivity contribution >= 4 is 11.6 Å². The summed E-state index contributed by atoms with van der Waals surface area (Å²) in [5.74, 6) is 0.438. The van der Waals surface area contributed by atoms with Crippen LogP contribution in [-0.2, 0) is 4.79 Å². The Balaban J connectivity index is 2.29. The van der Waals surface area contributed by atoms with Crippen LogP contribution in [0, 0.1) is 12.8 Å². The molecular formula is C12H14N2O. The molecule has 0 aliphatic carbocycles. The number of amides is 1. The average Bonchev–Trinajstić information content (AvgIpc) is 2.60. The van der Waals surface area contributed by atoms with Crippen molar-refractivity contribution in [1.82, 2.24) is 4.98 Å². The van der Waals surface area contributed by atoms with E-state index in [0.29, 0.717) is 6.42 Å². The Kier molecular flexibility index (Phi) is 2.54. The molecule has 1 aromatic heterocycles. The first-order chi connectivity index (χ1) is 7.22. The van der Waals surface area contributed by atoms with Gasteiger partial charge in [-0.25, -0.2) is 0 Å².